The molecule has 9 heteroatoms. The Hall–Kier alpha value is -3.98. The zero-order valence-electron chi connectivity index (χ0n) is 18.0. The van der Waals surface area contributed by atoms with Gasteiger partial charge in [0.1, 0.15) is 0 Å². The van der Waals surface area contributed by atoms with Crippen LogP contribution in [-0.2, 0) is 10.1 Å². The SMILES string of the molecule is Cl.O=S(=O)(O)c1ccc(C2=CC3=CC4=NC(=CC5=NC(=CC6=NC(=CC2=N3)C=C6)C=C5)C=C4)cc1. The predicted octanol–water partition coefficient (Wildman–Crippen LogP) is 4.77. The van der Waals surface area contributed by atoms with Crippen molar-refractivity contribution in [3.05, 3.63) is 119 Å². The van der Waals surface area contributed by atoms with Crippen molar-refractivity contribution in [1.82, 2.24) is 0 Å². The van der Waals surface area contributed by atoms with Crippen LogP contribution in [0.1, 0.15) is 5.56 Å². The molecule has 0 atom stereocenters. The van der Waals surface area contributed by atoms with E-state index in [9.17, 15) is 13.0 Å². The molecule has 0 saturated carbocycles. The van der Waals surface area contributed by atoms with Crippen LogP contribution in [0.4, 0.5) is 0 Å². The lowest BCUT2D eigenvalue weighted by molar-refractivity contribution is 0.483. The number of hydrogen-bond acceptors (Lipinski definition) is 6. The van der Waals surface area contributed by atoms with Crippen LogP contribution in [0.5, 0.6) is 0 Å². The maximum Gasteiger partial charge on any atom is 0.294 e. The summed E-state index contributed by atoms with van der Waals surface area (Å²) < 4.78 is 32.1. The fraction of sp³-hybridized carbons (Fsp3) is 0. The van der Waals surface area contributed by atoms with Crippen molar-refractivity contribution in [1.29, 1.82) is 0 Å². The van der Waals surface area contributed by atoms with E-state index in [1.807, 2.05) is 66.8 Å². The summed E-state index contributed by atoms with van der Waals surface area (Å²) in [5.41, 5.74) is 7.71. The number of aliphatic imine (C=N–C) groups is 4. The van der Waals surface area contributed by atoms with Crippen LogP contribution in [0.2, 0.25) is 0 Å². The molecule has 1 aromatic carbocycles. The van der Waals surface area contributed by atoms with Crippen LogP contribution in [0, 0.1) is 0 Å². The first-order valence-electron chi connectivity index (χ1n) is 10.4. The average Bonchev–Trinajstić information content (AvgIpc) is 3.58. The van der Waals surface area contributed by atoms with Gasteiger partial charge in [-0.1, -0.05) is 12.1 Å². The summed E-state index contributed by atoms with van der Waals surface area (Å²) in [4.78, 5) is 18.5. The molecule has 5 aliphatic heterocycles. The Morgan fingerprint density at radius 3 is 1.57 bits per heavy atom. The van der Waals surface area contributed by atoms with Crippen molar-refractivity contribution >= 4 is 50.9 Å². The second-order valence-corrected chi connectivity index (χ2v) is 9.36. The highest BCUT2D eigenvalue weighted by Crippen LogP contribution is 2.29. The molecule has 0 saturated heterocycles. The topological polar surface area (TPSA) is 104 Å². The van der Waals surface area contributed by atoms with Gasteiger partial charge in [0.05, 0.1) is 50.5 Å². The van der Waals surface area contributed by atoms with E-state index in [0.29, 0.717) is 11.4 Å². The third kappa shape index (κ3) is 4.67. The smallest absolute Gasteiger partial charge is 0.282 e. The quantitative estimate of drug-likeness (QED) is 0.591. The number of benzene rings is 1. The van der Waals surface area contributed by atoms with Gasteiger partial charge < -0.3 is 0 Å². The van der Waals surface area contributed by atoms with Crippen molar-refractivity contribution in [2.45, 2.75) is 4.90 Å². The standard InChI is InChI=1S/C26H16N4O3S.ClH/c31-34(32,33)24-9-1-16(2-10-24)25-14-23-13-21-6-5-19(28-21)11-17-3-4-18(27-17)12-20-7-8-22(29-20)15-26(25)30-23;/h1-15H,(H,31,32,33);1H. The first kappa shape index (κ1) is 22.8. The van der Waals surface area contributed by atoms with Crippen LogP contribution >= 0.6 is 12.4 Å². The maximum atomic E-state index is 11.4. The van der Waals surface area contributed by atoms with Gasteiger partial charge in [-0.15, -0.1) is 12.4 Å². The highest BCUT2D eigenvalue weighted by atomic mass is 35.5. The highest BCUT2D eigenvalue weighted by molar-refractivity contribution is 7.85. The number of hydrogen-bond donors (Lipinski definition) is 1. The molecular weight excluding hydrogens is 484 g/mol. The Labute approximate surface area is 208 Å². The molecule has 8 bridgehead atoms. The van der Waals surface area contributed by atoms with E-state index in [4.69, 9.17) is 4.99 Å². The third-order valence-electron chi connectivity index (χ3n) is 5.50. The molecule has 0 fully saturated rings. The van der Waals surface area contributed by atoms with Crippen molar-refractivity contribution in [3.8, 4) is 0 Å². The summed E-state index contributed by atoms with van der Waals surface area (Å²) in [7, 11) is -4.27. The molecule has 172 valence electrons. The van der Waals surface area contributed by atoms with Crippen molar-refractivity contribution in [2.75, 3.05) is 0 Å². The maximum absolute atomic E-state index is 11.4. The molecule has 1 N–H and O–H groups in total. The van der Waals surface area contributed by atoms with Gasteiger partial charge in [0.25, 0.3) is 10.1 Å². The minimum Gasteiger partial charge on any atom is -0.282 e. The van der Waals surface area contributed by atoms with E-state index in [0.717, 1.165) is 45.4 Å². The van der Waals surface area contributed by atoms with E-state index in [1.54, 1.807) is 12.1 Å². The first-order chi connectivity index (χ1) is 16.4. The van der Waals surface area contributed by atoms with Crippen molar-refractivity contribution < 1.29 is 13.0 Å². The average molecular weight is 501 g/mol. The zero-order valence-corrected chi connectivity index (χ0v) is 19.7. The molecule has 0 amide bonds. The highest BCUT2D eigenvalue weighted by Gasteiger charge is 2.19. The molecular formula is C26H17ClN4O3S. The van der Waals surface area contributed by atoms with Crippen molar-refractivity contribution in [3.63, 3.8) is 0 Å². The van der Waals surface area contributed by atoms with Crippen LogP contribution in [0.15, 0.2) is 139 Å². The molecule has 5 aliphatic rings. The Kier molecular flexibility index (Phi) is 5.64. The number of rotatable bonds is 2. The van der Waals surface area contributed by atoms with Gasteiger partial charge in [-0.05, 0) is 84.5 Å². The van der Waals surface area contributed by atoms with Gasteiger partial charge in [-0.2, -0.15) is 8.42 Å². The fourth-order valence-corrected chi connectivity index (χ4v) is 4.42. The lowest BCUT2D eigenvalue weighted by Gasteiger charge is -2.05. The van der Waals surface area contributed by atoms with Crippen LogP contribution in [-0.4, -0.2) is 35.8 Å². The zero-order chi connectivity index (χ0) is 23.3. The summed E-state index contributed by atoms with van der Waals surface area (Å²) in [5, 5.41) is 0. The normalized spacial score (nSPS) is 19.6. The lowest BCUT2D eigenvalue weighted by atomic mass is 10.0. The van der Waals surface area contributed by atoms with Gasteiger partial charge in [0.15, 0.2) is 0 Å². The number of halogens is 1. The molecule has 0 radical (unpaired) electrons. The van der Waals surface area contributed by atoms with E-state index < -0.39 is 10.1 Å². The van der Waals surface area contributed by atoms with E-state index in [-0.39, 0.29) is 17.3 Å². The minimum atomic E-state index is -4.27. The summed E-state index contributed by atoms with van der Waals surface area (Å²) in [5.74, 6) is 0. The first-order valence-corrected chi connectivity index (χ1v) is 11.9. The second-order valence-electron chi connectivity index (χ2n) is 7.94. The molecule has 6 rings (SSSR count). The van der Waals surface area contributed by atoms with Gasteiger partial charge >= 0.3 is 0 Å². The molecule has 5 heterocycles. The van der Waals surface area contributed by atoms with Crippen LogP contribution in [0.3, 0.4) is 0 Å². The second kappa shape index (κ2) is 8.66. The molecule has 0 spiro atoms. The fourth-order valence-electron chi connectivity index (χ4n) is 3.94. The Balaban J connectivity index is 0.00000253. The van der Waals surface area contributed by atoms with Gasteiger partial charge in [0, 0.05) is 5.57 Å². The Bertz CT molecular complexity index is 1640. The van der Waals surface area contributed by atoms with Crippen LogP contribution < -0.4 is 0 Å². The summed E-state index contributed by atoms with van der Waals surface area (Å²) in [6, 6.07) is 6.03. The summed E-state index contributed by atoms with van der Waals surface area (Å²) in [6.07, 6.45) is 21.1. The van der Waals surface area contributed by atoms with E-state index in [2.05, 4.69) is 15.0 Å². The third-order valence-corrected chi connectivity index (χ3v) is 6.37. The van der Waals surface area contributed by atoms with Gasteiger partial charge in [-0.3, -0.25) is 4.55 Å². The molecule has 0 aliphatic carbocycles. The molecule has 35 heavy (non-hydrogen) atoms. The van der Waals surface area contributed by atoms with Gasteiger partial charge in [0.2, 0.25) is 0 Å². The summed E-state index contributed by atoms with van der Waals surface area (Å²) >= 11 is 0. The number of nitrogens with zero attached hydrogens (tertiary/aromatic N) is 4. The monoisotopic (exact) mass is 500 g/mol. The minimum absolute atomic E-state index is 0. The number of fused-ring (bicyclic) bond motifs is 4. The lowest BCUT2D eigenvalue weighted by Crippen LogP contribution is -2.00. The predicted molar refractivity (Wildman–Crippen MR) is 141 cm³/mol. The molecule has 1 aromatic rings. The van der Waals surface area contributed by atoms with E-state index in [1.165, 1.54) is 12.1 Å². The van der Waals surface area contributed by atoms with Crippen LogP contribution in [0.25, 0.3) is 5.57 Å². The molecule has 0 unspecified atom stereocenters. The molecule has 7 nitrogen and oxygen atoms in total. The number of allylic oxidation sites excluding steroid dienone is 12. The molecule has 0 aromatic heterocycles. The van der Waals surface area contributed by atoms with Crippen molar-refractivity contribution in [2.24, 2.45) is 20.0 Å². The summed E-state index contributed by atoms with van der Waals surface area (Å²) in [6.45, 7) is 0. The van der Waals surface area contributed by atoms with E-state index >= 15 is 0 Å². The Morgan fingerprint density at radius 1 is 0.571 bits per heavy atom. The van der Waals surface area contributed by atoms with Gasteiger partial charge in [-0.25, -0.2) is 20.0 Å². The Morgan fingerprint density at radius 2 is 1.06 bits per heavy atom. The largest absolute Gasteiger partial charge is 0.294 e.